The Labute approximate surface area is 193 Å². The molecule has 3 N–H and O–H groups in total. The van der Waals surface area contributed by atoms with E-state index in [1.54, 1.807) is 7.11 Å². The van der Waals surface area contributed by atoms with Gasteiger partial charge in [-0.1, -0.05) is 18.2 Å². The van der Waals surface area contributed by atoms with E-state index in [0.29, 0.717) is 12.4 Å². The van der Waals surface area contributed by atoms with Crippen LogP contribution in [0.2, 0.25) is 0 Å². The molecule has 3 heterocycles. The highest BCUT2D eigenvalue weighted by Gasteiger charge is 2.16. The lowest BCUT2D eigenvalue weighted by Crippen LogP contribution is -2.44. The molecule has 0 amide bonds. The average molecular weight is 445 g/mol. The van der Waals surface area contributed by atoms with Gasteiger partial charge in [-0.05, 0) is 29.8 Å². The fourth-order valence-electron chi connectivity index (χ4n) is 4.22. The fourth-order valence-corrected chi connectivity index (χ4v) is 4.22. The number of nitrogens with one attached hydrogen (secondary N) is 1. The number of anilines is 1. The topological polar surface area (TPSA) is 90.5 Å². The van der Waals surface area contributed by atoms with Crippen LogP contribution >= 0.6 is 0 Å². The highest BCUT2D eigenvalue weighted by Crippen LogP contribution is 2.34. The molecule has 0 bridgehead atoms. The van der Waals surface area contributed by atoms with E-state index < -0.39 is 0 Å². The molecular weight excluding hydrogens is 416 g/mol. The first kappa shape index (κ1) is 21.2. The Morgan fingerprint density at radius 3 is 2.64 bits per heavy atom. The lowest BCUT2D eigenvalue weighted by molar-refractivity contribution is 0.191. The van der Waals surface area contributed by atoms with Crippen molar-refractivity contribution in [2.75, 3.05) is 52.2 Å². The van der Waals surface area contributed by atoms with Crippen LogP contribution in [0.5, 0.6) is 11.5 Å². The maximum atomic E-state index is 6.27. The van der Waals surface area contributed by atoms with Crippen LogP contribution in [0.4, 0.5) is 5.82 Å². The van der Waals surface area contributed by atoms with Crippen LogP contribution in [0.3, 0.4) is 0 Å². The van der Waals surface area contributed by atoms with Gasteiger partial charge < -0.3 is 25.1 Å². The molecule has 1 saturated heterocycles. The van der Waals surface area contributed by atoms with Gasteiger partial charge in [-0.2, -0.15) is 0 Å². The normalized spacial score (nSPS) is 14.5. The second kappa shape index (κ2) is 9.48. The van der Waals surface area contributed by atoms with Crippen LogP contribution in [-0.4, -0.2) is 65.9 Å². The van der Waals surface area contributed by atoms with Crippen LogP contribution in [0.1, 0.15) is 0 Å². The van der Waals surface area contributed by atoms with Gasteiger partial charge in [0.2, 0.25) is 0 Å². The average Bonchev–Trinajstić information content (AvgIpc) is 3.26. The minimum absolute atomic E-state index is 0.432. The summed E-state index contributed by atoms with van der Waals surface area (Å²) in [4.78, 5) is 11.2. The predicted molar refractivity (Wildman–Crippen MR) is 130 cm³/mol. The van der Waals surface area contributed by atoms with Crippen molar-refractivity contribution in [2.24, 2.45) is 0 Å². The molecule has 0 unspecified atom stereocenters. The van der Waals surface area contributed by atoms with Gasteiger partial charge in [-0.3, -0.25) is 4.90 Å². The van der Waals surface area contributed by atoms with Crippen molar-refractivity contribution in [3.05, 3.63) is 61.1 Å². The molecule has 4 aromatic rings. The second-order valence-electron chi connectivity index (χ2n) is 8.03. The number of nitrogen functional groups attached to an aromatic ring is 1. The summed E-state index contributed by atoms with van der Waals surface area (Å²) in [5.41, 5.74) is 10.8. The molecule has 0 radical (unpaired) electrons. The lowest BCUT2D eigenvalue weighted by atomic mass is 10.1. The van der Waals surface area contributed by atoms with Crippen molar-refractivity contribution >= 4 is 16.9 Å². The zero-order valence-electron chi connectivity index (χ0n) is 18.7. The number of aromatic nitrogens is 3. The van der Waals surface area contributed by atoms with Crippen LogP contribution < -0.4 is 20.5 Å². The lowest BCUT2D eigenvalue weighted by Gasteiger charge is -2.26. The molecule has 0 aliphatic carbocycles. The van der Waals surface area contributed by atoms with E-state index in [1.165, 1.54) is 6.33 Å². The molecule has 170 valence electrons. The molecule has 5 rings (SSSR count). The molecule has 0 saturated carbocycles. The second-order valence-corrected chi connectivity index (χ2v) is 8.03. The summed E-state index contributed by atoms with van der Waals surface area (Å²) in [6, 6.07) is 16.0. The van der Waals surface area contributed by atoms with Gasteiger partial charge in [0.15, 0.2) is 5.82 Å². The predicted octanol–water partition coefficient (Wildman–Crippen LogP) is 2.96. The number of nitrogens with two attached hydrogens (primary N) is 1. The molecule has 2 aromatic carbocycles. The number of benzene rings is 2. The molecule has 1 aliphatic rings. The van der Waals surface area contributed by atoms with Crippen LogP contribution in [0.15, 0.2) is 61.1 Å². The number of nitrogens with zero attached hydrogens (tertiary/aromatic N) is 4. The largest absolute Gasteiger partial charge is 0.497 e. The van der Waals surface area contributed by atoms with E-state index in [0.717, 1.165) is 72.1 Å². The van der Waals surface area contributed by atoms with Crippen molar-refractivity contribution in [1.82, 2.24) is 24.8 Å². The Hall–Kier alpha value is -3.62. The van der Waals surface area contributed by atoms with E-state index >= 15 is 0 Å². The Bertz CT molecular complexity index is 1230. The summed E-state index contributed by atoms with van der Waals surface area (Å²) in [6.45, 7) is 5.86. The molecule has 0 atom stereocenters. The Balaban J connectivity index is 1.41. The summed E-state index contributed by atoms with van der Waals surface area (Å²) in [6.07, 6.45) is 3.55. The van der Waals surface area contributed by atoms with Crippen molar-refractivity contribution < 1.29 is 9.47 Å². The third-order valence-electron chi connectivity index (χ3n) is 5.99. The molecule has 1 fully saturated rings. The van der Waals surface area contributed by atoms with Crippen molar-refractivity contribution in [3.8, 4) is 28.3 Å². The van der Waals surface area contributed by atoms with E-state index in [4.69, 9.17) is 15.2 Å². The SMILES string of the molecule is COc1cccc(-n2cc(-c3ccc(OCCN4CCNCC4)cc3)c3ncnc(N)c32)c1. The van der Waals surface area contributed by atoms with Gasteiger partial charge in [0.05, 0.1) is 7.11 Å². The molecule has 0 spiro atoms. The highest BCUT2D eigenvalue weighted by molar-refractivity contribution is 5.98. The number of fused-ring (bicyclic) bond motifs is 1. The maximum Gasteiger partial charge on any atom is 0.151 e. The third-order valence-corrected chi connectivity index (χ3v) is 5.99. The minimum atomic E-state index is 0.432. The first-order valence-electron chi connectivity index (χ1n) is 11.2. The first-order chi connectivity index (χ1) is 16.2. The van der Waals surface area contributed by atoms with Crippen LogP contribution in [0.25, 0.3) is 27.8 Å². The monoisotopic (exact) mass is 444 g/mol. The van der Waals surface area contributed by atoms with Crippen molar-refractivity contribution in [1.29, 1.82) is 0 Å². The Morgan fingerprint density at radius 1 is 1.03 bits per heavy atom. The minimum Gasteiger partial charge on any atom is -0.497 e. The van der Waals surface area contributed by atoms with Gasteiger partial charge in [0, 0.05) is 56.2 Å². The van der Waals surface area contributed by atoms with Crippen molar-refractivity contribution in [2.45, 2.75) is 0 Å². The fraction of sp³-hybridized carbons (Fsp3) is 0.280. The Morgan fingerprint density at radius 2 is 1.85 bits per heavy atom. The first-order valence-corrected chi connectivity index (χ1v) is 11.2. The van der Waals surface area contributed by atoms with Crippen LogP contribution in [0, 0.1) is 0 Å². The quantitative estimate of drug-likeness (QED) is 0.453. The summed E-state index contributed by atoms with van der Waals surface area (Å²) < 4.78 is 13.4. The molecule has 8 nitrogen and oxygen atoms in total. The standard InChI is InChI=1S/C25H28N6O2/c1-32-21-4-2-3-19(15-21)31-16-22(23-24(31)25(26)29-17-28-23)18-5-7-20(8-6-18)33-14-13-30-11-9-27-10-12-30/h2-8,15-17,27H,9-14H2,1H3,(H2,26,28,29). The molecular formula is C25H28N6O2. The molecule has 2 aromatic heterocycles. The summed E-state index contributed by atoms with van der Waals surface area (Å²) >= 11 is 0. The van der Waals surface area contributed by atoms with Crippen molar-refractivity contribution in [3.63, 3.8) is 0 Å². The number of rotatable bonds is 7. The van der Waals surface area contributed by atoms with Crippen LogP contribution in [-0.2, 0) is 0 Å². The summed E-state index contributed by atoms with van der Waals surface area (Å²) in [5.74, 6) is 2.06. The summed E-state index contributed by atoms with van der Waals surface area (Å²) in [7, 11) is 1.66. The summed E-state index contributed by atoms with van der Waals surface area (Å²) in [5, 5.41) is 3.37. The smallest absolute Gasteiger partial charge is 0.151 e. The van der Waals surface area contributed by atoms with Gasteiger partial charge in [-0.15, -0.1) is 0 Å². The highest BCUT2D eigenvalue weighted by atomic mass is 16.5. The van der Waals surface area contributed by atoms with Gasteiger partial charge in [0.1, 0.15) is 35.5 Å². The van der Waals surface area contributed by atoms with E-state index in [1.807, 2.05) is 47.2 Å². The zero-order valence-corrected chi connectivity index (χ0v) is 18.7. The van der Waals surface area contributed by atoms with Gasteiger partial charge >= 0.3 is 0 Å². The van der Waals surface area contributed by atoms with Gasteiger partial charge in [-0.25, -0.2) is 9.97 Å². The Kier molecular flexibility index (Phi) is 6.10. The molecule has 8 heteroatoms. The van der Waals surface area contributed by atoms with Gasteiger partial charge in [0.25, 0.3) is 0 Å². The number of methoxy groups -OCH3 is 1. The van der Waals surface area contributed by atoms with E-state index in [-0.39, 0.29) is 0 Å². The van der Waals surface area contributed by atoms with E-state index in [2.05, 4.69) is 32.3 Å². The number of piperazine rings is 1. The molecule has 33 heavy (non-hydrogen) atoms. The maximum absolute atomic E-state index is 6.27. The molecule has 1 aliphatic heterocycles. The number of hydrogen-bond acceptors (Lipinski definition) is 7. The van der Waals surface area contributed by atoms with E-state index in [9.17, 15) is 0 Å². The number of ether oxygens (including phenoxy) is 2. The number of hydrogen-bond donors (Lipinski definition) is 2. The zero-order chi connectivity index (χ0) is 22.6. The third kappa shape index (κ3) is 4.48.